The number of benzene rings is 3. The Hall–Kier alpha value is -3.11. The summed E-state index contributed by atoms with van der Waals surface area (Å²) in [4.78, 5) is 22.3. The Balaban J connectivity index is 1.61. The first-order valence-corrected chi connectivity index (χ1v) is 14.8. The summed E-state index contributed by atoms with van der Waals surface area (Å²) in [6.45, 7) is 7.70. The summed E-state index contributed by atoms with van der Waals surface area (Å²) >= 11 is 1.49. The smallest absolute Gasteiger partial charge is 0.260 e. The maximum absolute atomic E-state index is 13.7. The van der Waals surface area contributed by atoms with Crippen molar-refractivity contribution in [1.29, 1.82) is 0 Å². The summed E-state index contributed by atoms with van der Waals surface area (Å²) in [7, 11) is 0.202. The molecule has 3 aromatic carbocycles. The number of hydrogen-bond acceptors (Lipinski definition) is 6. The summed E-state index contributed by atoms with van der Waals surface area (Å²) < 4.78 is 29.2. The van der Waals surface area contributed by atoms with Gasteiger partial charge in [-0.2, -0.15) is 4.31 Å². The Kier molecular flexibility index (Phi) is 8.62. The first-order chi connectivity index (χ1) is 18.1. The van der Waals surface area contributed by atoms with E-state index in [0.29, 0.717) is 30.3 Å². The summed E-state index contributed by atoms with van der Waals surface area (Å²) in [5, 5.41) is 0.633. The highest BCUT2D eigenvalue weighted by molar-refractivity contribution is 7.89. The van der Waals surface area contributed by atoms with Crippen LogP contribution in [0.4, 0.5) is 5.13 Å². The molecule has 200 valence electrons. The minimum absolute atomic E-state index is 0.164. The number of rotatable bonds is 10. The molecule has 4 rings (SSSR count). The monoisotopic (exact) mass is 550 g/mol. The normalized spacial score (nSPS) is 12.0. The van der Waals surface area contributed by atoms with Crippen molar-refractivity contribution < 1.29 is 13.2 Å². The highest BCUT2D eigenvalue weighted by atomic mass is 32.2. The van der Waals surface area contributed by atoms with E-state index < -0.39 is 10.0 Å². The Morgan fingerprint density at radius 1 is 0.921 bits per heavy atom. The predicted molar refractivity (Wildman–Crippen MR) is 155 cm³/mol. The van der Waals surface area contributed by atoms with Gasteiger partial charge in [0.25, 0.3) is 5.91 Å². The molecule has 4 aromatic rings. The quantitative estimate of drug-likeness (QED) is 0.267. The Morgan fingerprint density at radius 2 is 1.58 bits per heavy atom. The average Bonchev–Trinajstić information content (AvgIpc) is 3.30. The molecule has 1 amide bonds. The van der Waals surface area contributed by atoms with Crippen LogP contribution in [0.25, 0.3) is 10.2 Å². The van der Waals surface area contributed by atoms with Gasteiger partial charge in [-0.15, -0.1) is 0 Å². The molecule has 1 heterocycles. The van der Waals surface area contributed by atoms with Crippen molar-refractivity contribution in [3.63, 3.8) is 0 Å². The molecule has 0 aliphatic carbocycles. The standard InChI is InChI=1S/C29H34N4O3S2/c1-6-32(20-23-10-8-7-9-11-23)38(35,36)25-14-12-24(13-15-25)28(34)33(17-16-31(4)5)29-30-26-18-21(2)22(3)19-27(26)37-29/h7-15,18-19H,6,16-17,20H2,1-5H3. The number of anilines is 1. The van der Waals surface area contributed by atoms with Gasteiger partial charge < -0.3 is 4.90 Å². The number of aryl methyl sites for hydroxylation is 2. The molecule has 7 nitrogen and oxygen atoms in total. The van der Waals surface area contributed by atoms with Gasteiger partial charge in [0.15, 0.2) is 5.13 Å². The fourth-order valence-electron chi connectivity index (χ4n) is 4.10. The van der Waals surface area contributed by atoms with Gasteiger partial charge in [0, 0.05) is 31.7 Å². The molecule has 0 aliphatic heterocycles. The molecule has 0 aliphatic rings. The van der Waals surface area contributed by atoms with Crippen LogP contribution in [-0.4, -0.2) is 62.2 Å². The lowest BCUT2D eigenvalue weighted by atomic mass is 10.1. The van der Waals surface area contributed by atoms with E-state index in [9.17, 15) is 13.2 Å². The van der Waals surface area contributed by atoms with E-state index in [4.69, 9.17) is 4.98 Å². The topological polar surface area (TPSA) is 73.8 Å². The highest BCUT2D eigenvalue weighted by Crippen LogP contribution is 2.32. The van der Waals surface area contributed by atoms with E-state index in [1.807, 2.05) is 62.3 Å². The second-order valence-corrected chi connectivity index (χ2v) is 12.5. The van der Waals surface area contributed by atoms with Crippen LogP contribution in [0.3, 0.4) is 0 Å². The minimum atomic E-state index is -3.72. The van der Waals surface area contributed by atoms with Crippen molar-refractivity contribution >= 4 is 42.6 Å². The van der Waals surface area contributed by atoms with Gasteiger partial charge in [0.1, 0.15) is 0 Å². The van der Waals surface area contributed by atoms with E-state index >= 15 is 0 Å². The summed E-state index contributed by atoms with van der Waals surface area (Å²) in [5.41, 5.74) is 4.55. The molecule has 0 saturated carbocycles. The number of hydrogen-bond donors (Lipinski definition) is 0. The van der Waals surface area contributed by atoms with Gasteiger partial charge in [-0.05, 0) is 81.0 Å². The van der Waals surface area contributed by atoms with Gasteiger partial charge >= 0.3 is 0 Å². The fourth-order valence-corrected chi connectivity index (χ4v) is 6.60. The molecule has 0 unspecified atom stereocenters. The van der Waals surface area contributed by atoms with Crippen LogP contribution in [0.15, 0.2) is 71.6 Å². The van der Waals surface area contributed by atoms with Crippen LogP contribution in [0.5, 0.6) is 0 Å². The molecular weight excluding hydrogens is 516 g/mol. The molecule has 0 radical (unpaired) electrons. The molecule has 1 aromatic heterocycles. The van der Waals surface area contributed by atoms with Crippen LogP contribution < -0.4 is 4.90 Å². The number of amides is 1. The molecule has 0 fully saturated rings. The van der Waals surface area contributed by atoms with Crippen LogP contribution in [0, 0.1) is 13.8 Å². The zero-order chi connectivity index (χ0) is 27.4. The van der Waals surface area contributed by atoms with Crippen molar-refractivity contribution in [2.45, 2.75) is 32.2 Å². The highest BCUT2D eigenvalue weighted by Gasteiger charge is 2.25. The zero-order valence-electron chi connectivity index (χ0n) is 22.5. The molecule has 0 spiro atoms. The molecule has 38 heavy (non-hydrogen) atoms. The Labute approximate surface area is 229 Å². The molecular formula is C29H34N4O3S2. The summed E-state index contributed by atoms with van der Waals surface area (Å²) in [5.74, 6) is -0.208. The van der Waals surface area contributed by atoms with Gasteiger partial charge in [-0.25, -0.2) is 13.4 Å². The predicted octanol–water partition coefficient (Wildman–Crippen LogP) is 5.33. The third kappa shape index (κ3) is 6.13. The number of carbonyl (C=O) groups is 1. The third-order valence-electron chi connectivity index (χ3n) is 6.53. The molecule has 0 N–H and O–H groups in total. The van der Waals surface area contributed by atoms with Crippen molar-refractivity contribution in [2.24, 2.45) is 0 Å². The largest absolute Gasteiger partial charge is 0.308 e. The second-order valence-electron chi connectivity index (χ2n) is 9.60. The lowest BCUT2D eigenvalue weighted by Crippen LogP contribution is -2.36. The van der Waals surface area contributed by atoms with Crippen molar-refractivity contribution in [1.82, 2.24) is 14.2 Å². The van der Waals surface area contributed by atoms with E-state index in [1.165, 1.54) is 33.3 Å². The van der Waals surface area contributed by atoms with E-state index in [-0.39, 0.29) is 17.3 Å². The molecule has 9 heteroatoms. The minimum Gasteiger partial charge on any atom is -0.308 e. The molecule has 0 bridgehead atoms. The van der Waals surface area contributed by atoms with Crippen molar-refractivity contribution in [3.05, 3.63) is 89.0 Å². The number of fused-ring (bicyclic) bond motifs is 1. The van der Waals surface area contributed by atoms with Crippen LogP contribution in [-0.2, 0) is 16.6 Å². The first kappa shape index (κ1) is 27.9. The van der Waals surface area contributed by atoms with Crippen molar-refractivity contribution in [2.75, 3.05) is 38.6 Å². The number of carbonyl (C=O) groups excluding carboxylic acids is 1. The number of thiazole rings is 1. The van der Waals surface area contributed by atoms with Crippen LogP contribution in [0.2, 0.25) is 0 Å². The number of likely N-dealkylation sites (N-methyl/N-ethyl adjacent to an activating group) is 1. The van der Waals surface area contributed by atoms with Gasteiger partial charge in [0.05, 0.1) is 15.1 Å². The van der Waals surface area contributed by atoms with Gasteiger partial charge in [-0.1, -0.05) is 48.6 Å². The van der Waals surface area contributed by atoms with Crippen LogP contribution in [0.1, 0.15) is 34.0 Å². The lowest BCUT2D eigenvalue weighted by Gasteiger charge is -2.23. The maximum Gasteiger partial charge on any atom is 0.260 e. The first-order valence-electron chi connectivity index (χ1n) is 12.6. The summed E-state index contributed by atoms with van der Waals surface area (Å²) in [6, 6.07) is 19.9. The average molecular weight is 551 g/mol. The Bertz CT molecular complexity index is 1480. The summed E-state index contributed by atoms with van der Waals surface area (Å²) in [6.07, 6.45) is 0. The van der Waals surface area contributed by atoms with E-state index in [1.54, 1.807) is 17.0 Å². The van der Waals surface area contributed by atoms with E-state index in [0.717, 1.165) is 21.3 Å². The SMILES string of the molecule is CCN(Cc1ccccc1)S(=O)(=O)c1ccc(C(=O)N(CCN(C)C)c2nc3cc(C)c(C)cc3s2)cc1. The third-order valence-corrected chi connectivity index (χ3v) is 9.51. The second kappa shape index (κ2) is 11.7. The zero-order valence-corrected chi connectivity index (χ0v) is 24.1. The number of nitrogens with zero attached hydrogens (tertiary/aromatic N) is 4. The van der Waals surface area contributed by atoms with Crippen LogP contribution >= 0.6 is 11.3 Å². The molecule has 0 atom stereocenters. The Morgan fingerprint density at radius 3 is 2.21 bits per heavy atom. The van der Waals surface area contributed by atoms with Gasteiger partial charge in [-0.3, -0.25) is 9.69 Å². The van der Waals surface area contributed by atoms with E-state index in [2.05, 4.69) is 19.9 Å². The lowest BCUT2D eigenvalue weighted by molar-refractivity contribution is 0.0985. The molecule has 0 saturated heterocycles. The maximum atomic E-state index is 13.7. The number of sulfonamides is 1. The van der Waals surface area contributed by atoms with Gasteiger partial charge in [0.2, 0.25) is 10.0 Å². The van der Waals surface area contributed by atoms with Crippen molar-refractivity contribution in [3.8, 4) is 0 Å². The fraction of sp³-hybridized carbons (Fsp3) is 0.310. The number of aromatic nitrogens is 1.